The van der Waals surface area contributed by atoms with Gasteiger partial charge in [0.05, 0.1) is 12.0 Å². The predicted octanol–water partition coefficient (Wildman–Crippen LogP) is 3.35. The molecule has 0 aliphatic rings. The molecule has 1 atom stereocenters. The molecule has 3 heteroatoms. The molecule has 1 unspecified atom stereocenters. The van der Waals surface area contributed by atoms with Crippen molar-refractivity contribution in [2.24, 2.45) is 0 Å². The molecule has 0 aliphatic carbocycles. The lowest BCUT2D eigenvalue weighted by atomic mass is 10.0. The lowest BCUT2D eigenvalue weighted by Gasteiger charge is -2.18. The number of aryl methyl sites for hydroxylation is 1. The zero-order valence-electron chi connectivity index (χ0n) is 11.1. The number of benzene rings is 1. The second-order valence-electron chi connectivity index (χ2n) is 4.61. The summed E-state index contributed by atoms with van der Waals surface area (Å²) in [4.78, 5) is 7.44. The average molecular weight is 243 g/mol. The van der Waals surface area contributed by atoms with Crippen LogP contribution in [0.5, 0.6) is 0 Å². The van der Waals surface area contributed by atoms with Crippen molar-refractivity contribution in [3.63, 3.8) is 0 Å². The standard InChI is InChI=1S/C15H21N3/c1-3-7-14(13-8-5-4-6-9-13)16-10-15-12(2)17-11-18-15/h4-6,8-9,11,14,16H,3,7,10H2,1-2H3,(H,17,18). The maximum absolute atomic E-state index is 4.32. The molecule has 0 fully saturated rings. The fourth-order valence-electron chi connectivity index (χ4n) is 2.15. The van der Waals surface area contributed by atoms with Crippen LogP contribution in [0.4, 0.5) is 0 Å². The predicted molar refractivity (Wildman–Crippen MR) is 74.3 cm³/mol. The van der Waals surface area contributed by atoms with Gasteiger partial charge in [0.15, 0.2) is 0 Å². The fraction of sp³-hybridized carbons (Fsp3) is 0.400. The summed E-state index contributed by atoms with van der Waals surface area (Å²) < 4.78 is 0. The molecule has 1 aromatic carbocycles. The smallest absolute Gasteiger partial charge is 0.0925 e. The van der Waals surface area contributed by atoms with Crippen LogP contribution in [0.15, 0.2) is 36.7 Å². The van der Waals surface area contributed by atoms with Gasteiger partial charge in [-0.3, -0.25) is 0 Å². The van der Waals surface area contributed by atoms with Gasteiger partial charge in [0.2, 0.25) is 0 Å². The minimum atomic E-state index is 0.410. The molecule has 18 heavy (non-hydrogen) atoms. The summed E-state index contributed by atoms with van der Waals surface area (Å²) in [5, 5.41) is 3.60. The van der Waals surface area contributed by atoms with Crippen LogP contribution in [0.25, 0.3) is 0 Å². The third kappa shape index (κ3) is 3.20. The summed E-state index contributed by atoms with van der Waals surface area (Å²) in [5.41, 5.74) is 3.60. The third-order valence-corrected chi connectivity index (χ3v) is 3.23. The molecule has 0 saturated heterocycles. The van der Waals surface area contributed by atoms with Crippen molar-refractivity contribution in [1.82, 2.24) is 15.3 Å². The number of aromatic nitrogens is 2. The lowest BCUT2D eigenvalue weighted by Crippen LogP contribution is -2.21. The molecule has 96 valence electrons. The van der Waals surface area contributed by atoms with E-state index in [2.05, 4.69) is 59.5 Å². The number of H-pyrrole nitrogens is 1. The van der Waals surface area contributed by atoms with Crippen molar-refractivity contribution >= 4 is 0 Å². The first-order valence-corrected chi connectivity index (χ1v) is 6.58. The maximum Gasteiger partial charge on any atom is 0.0925 e. The topological polar surface area (TPSA) is 40.7 Å². The summed E-state index contributed by atoms with van der Waals surface area (Å²) in [7, 11) is 0. The Bertz CT molecular complexity index is 462. The number of imidazole rings is 1. The molecule has 2 aromatic rings. The van der Waals surface area contributed by atoms with Crippen LogP contribution in [0.3, 0.4) is 0 Å². The van der Waals surface area contributed by atoms with Gasteiger partial charge in [-0.05, 0) is 18.9 Å². The van der Waals surface area contributed by atoms with Gasteiger partial charge in [0.25, 0.3) is 0 Å². The van der Waals surface area contributed by atoms with Gasteiger partial charge in [-0.25, -0.2) is 4.98 Å². The van der Waals surface area contributed by atoms with Crippen LogP contribution in [0.1, 0.15) is 42.8 Å². The zero-order valence-corrected chi connectivity index (χ0v) is 11.1. The minimum absolute atomic E-state index is 0.410. The lowest BCUT2D eigenvalue weighted by molar-refractivity contribution is 0.489. The minimum Gasteiger partial charge on any atom is -0.348 e. The van der Waals surface area contributed by atoms with Gasteiger partial charge in [0, 0.05) is 18.3 Å². The molecule has 0 saturated carbocycles. The van der Waals surface area contributed by atoms with Crippen LogP contribution in [-0.2, 0) is 6.54 Å². The van der Waals surface area contributed by atoms with Crippen molar-refractivity contribution in [3.8, 4) is 0 Å². The van der Waals surface area contributed by atoms with Crippen LogP contribution in [-0.4, -0.2) is 9.97 Å². The van der Waals surface area contributed by atoms with Crippen molar-refractivity contribution in [3.05, 3.63) is 53.6 Å². The van der Waals surface area contributed by atoms with Crippen molar-refractivity contribution in [2.75, 3.05) is 0 Å². The first-order chi connectivity index (χ1) is 8.81. The maximum atomic E-state index is 4.32. The van der Waals surface area contributed by atoms with E-state index in [0.717, 1.165) is 24.4 Å². The number of nitrogens with zero attached hydrogens (tertiary/aromatic N) is 1. The largest absolute Gasteiger partial charge is 0.348 e. The van der Waals surface area contributed by atoms with Crippen LogP contribution in [0, 0.1) is 6.92 Å². The molecule has 2 rings (SSSR count). The van der Waals surface area contributed by atoms with E-state index in [1.165, 1.54) is 12.0 Å². The Morgan fingerprint density at radius 1 is 1.28 bits per heavy atom. The molecule has 2 N–H and O–H groups in total. The Morgan fingerprint density at radius 3 is 2.67 bits per heavy atom. The van der Waals surface area contributed by atoms with E-state index in [-0.39, 0.29) is 0 Å². The highest BCUT2D eigenvalue weighted by Crippen LogP contribution is 2.18. The molecule has 0 spiro atoms. The number of rotatable bonds is 6. The summed E-state index contributed by atoms with van der Waals surface area (Å²) in [6.07, 6.45) is 4.07. The van der Waals surface area contributed by atoms with E-state index < -0.39 is 0 Å². The Hall–Kier alpha value is -1.61. The van der Waals surface area contributed by atoms with Gasteiger partial charge in [0.1, 0.15) is 0 Å². The quantitative estimate of drug-likeness (QED) is 0.817. The summed E-state index contributed by atoms with van der Waals surface area (Å²) in [6.45, 7) is 5.09. The molecule has 3 nitrogen and oxygen atoms in total. The SMILES string of the molecule is CCCC(NCc1nc[nH]c1C)c1ccccc1. The highest BCUT2D eigenvalue weighted by atomic mass is 15.0. The average Bonchev–Trinajstić information content (AvgIpc) is 2.81. The molecular weight excluding hydrogens is 222 g/mol. The van der Waals surface area contributed by atoms with E-state index in [1.807, 2.05) is 0 Å². The Kier molecular flexibility index (Phi) is 4.53. The number of nitrogens with one attached hydrogen (secondary N) is 2. The second kappa shape index (κ2) is 6.36. The monoisotopic (exact) mass is 243 g/mol. The fourth-order valence-corrected chi connectivity index (χ4v) is 2.15. The number of hydrogen-bond acceptors (Lipinski definition) is 2. The van der Waals surface area contributed by atoms with Crippen molar-refractivity contribution in [2.45, 2.75) is 39.3 Å². The van der Waals surface area contributed by atoms with E-state index in [1.54, 1.807) is 6.33 Å². The molecule has 0 bridgehead atoms. The van der Waals surface area contributed by atoms with Gasteiger partial charge < -0.3 is 10.3 Å². The Morgan fingerprint density at radius 2 is 2.06 bits per heavy atom. The van der Waals surface area contributed by atoms with E-state index in [9.17, 15) is 0 Å². The van der Waals surface area contributed by atoms with E-state index >= 15 is 0 Å². The molecule has 0 aliphatic heterocycles. The van der Waals surface area contributed by atoms with Gasteiger partial charge in [-0.2, -0.15) is 0 Å². The first-order valence-electron chi connectivity index (χ1n) is 6.58. The summed E-state index contributed by atoms with van der Waals surface area (Å²) in [6, 6.07) is 11.0. The highest BCUT2D eigenvalue weighted by Gasteiger charge is 2.10. The van der Waals surface area contributed by atoms with Gasteiger partial charge >= 0.3 is 0 Å². The van der Waals surface area contributed by atoms with Crippen molar-refractivity contribution < 1.29 is 0 Å². The van der Waals surface area contributed by atoms with Gasteiger partial charge in [-0.15, -0.1) is 0 Å². The molecule has 0 radical (unpaired) electrons. The highest BCUT2D eigenvalue weighted by molar-refractivity contribution is 5.19. The van der Waals surface area contributed by atoms with Crippen LogP contribution >= 0.6 is 0 Å². The van der Waals surface area contributed by atoms with Crippen LogP contribution in [0.2, 0.25) is 0 Å². The molecule has 0 amide bonds. The zero-order chi connectivity index (χ0) is 12.8. The molecule has 1 aromatic heterocycles. The van der Waals surface area contributed by atoms with E-state index in [4.69, 9.17) is 0 Å². The summed E-state index contributed by atoms with van der Waals surface area (Å²) >= 11 is 0. The number of aromatic amines is 1. The third-order valence-electron chi connectivity index (χ3n) is 3.23. The summed E-state index contributed by atoms with van der Waals surface area (Å²) in [5.74, 6) is 0. The first kappa shape index (κ1) is 12.8. The number of hydrogen-bond donors (Lipinski definition) is 2. The second-order valence-corrected chi connectivity index (χ2v) is 4.61. The van der Waals surface area contributed by atoms with Crippen LogP contribution < -0.4 is 5.32 Å². The molecule has 1 heterocycles. The Labute approximate surface area is 109 Å². The van der Waals surface area contributed by atoms with E-state index in [0.29, 0.717) is 6.04 Å². The van der Waals surface area contributed by atoms with Gasteiger partial charge in [-0.1, -0.05) is 43.7 Å². The van der Waals surface area contributed by atoms with Crippen molar-refractivity contribution in [1.29, 1.82) is 0 Å². The molecular formula is C15H21N3. The Balaban J connectivity index is 2.01. The normalized spacial score (nSPS) is 12.6.